The Bertz CT molecular complexity index is 1250. The Hall–Kier alpha value is -2.64. The number of amides is 2. The van der Waals surface area contributed by atoms with E-state index in [4.69, 9.17) is 0 Å². The SMILES string of the molecule is Cc1cc(-n2c(C)cc(/C=C3\SC(=O)N(Cc4ccccc4F)C3=O)c2C)ccc1Br. The van der Waals surface area contributed by atoms with Crippen molar-refractivity contribution in [3.8, 4) is 5.69 Å². The molecule has 0 N–H and O–H groups in total. The lowest BCUT2D eigenvalue weighted by atomic mass is 10.2. The predicted octanol–water partition coefficient (Wildman–Crippen LogP) is 6.54. The number of carbonyl (C=O) groups excluding carboxylic acids is 2. The molecule has 31 heavy (non-hydrogen) atoms. The predicted molar refractivity (Wildman–Crippen MR) is 126 cm³/mol. The first-order valence-corrected chi connectivity index (χ1v) is 11.3. The average molecular weight is 499 g/mol. The first-order valence-electron chi connectivity index (χ1n) is 9.70. The molecule has 1 aromatic heterocycles. The van der Waals surface area contributed by atoms with Crippen molar-refractivity contribution in [2.75, 3.05) is 0 Å². The van der Waals surface area contributed by atoms with Gasteiger partial charge in [0, 0.05) is 27.1 Å². The van der Waals surface area contributed by atoms with E-state index in [2.05, 4.69) is 26.6 Å². The quantitative estimate of drug-likeness (QED) is 0.383. The maximum Gasteiger partial charge on any atom is 0.293 e. The third-order valence-electron chi connectivity index (χ3n) is 5.32. The van der Waals surface area contributed by atoms with Crippen molar-refractivity contribution in [1.82, 2.24) is 9.47 Å². The lowest BCUT2D eigenvalue weighted by Crippen LogP contribution is -2.27. The molecule has 0 atom stereocenters. The summed E-state index contributed by atoms with van der Waals surface area (Å²) in [5.74, 6) is -0.832. The van der Waals surface area contributed by atoms with Crippen LogP contribution in [0.25, 0.3) is 11.8 Å². The zero-order chi connectivity index (χ0) is 22.3. The molecule has 0 aliphatic carbocycles. The molecular weight excluding hydrogens is 479 g/mol. The van der Waals surface area contributed by atoms with Gasteiger partial charge in [-0.3, -0.25) is 14.5 Å². The van der Waals surface area contributed by atoms with Gasteiger partial charge in [-0.25, -0.2) is 4.39 Å². The van der Waals surface area contributed by atoms with E-state index >= 15 is 0 Å². The number of thioether (sulfide) groups is 1. The number of hydrogen-bond acceptors (Lipinski definition) is 3. The fraction of sp³-hybridized carbons (Fsp3) is 0.167. The Morgan fingerprint density at radius 1 is 1.06 bits per heavy atom. The highest BCUT2D eigenvalue weighted by Crippen LogP contribution is 2.35. The van der Waals surface area contributed by atoms with Crippen LogP contribution in [-0.4, -0.2) is 20.6 Å². The van der Waals surface area contributed by atoms with Crippen molar-refractivity contribution >= 4 is 44.9 Å². The van der Waals surface area contributed by atoms with E-state index in [0.29, 0.717) is 10.5 Å². The fourth-order valence-corrected chi connectivity index (χ4v) is 4.75. The Kier molecular flexibility index (Phi) is 5.90. The molecule has 4 nitrogen and oxygen atoms in total. The second-order valence-corrected chi connectivity index (χ2v) is 9.30. The van der Waals surface area contributed by atoms with Crippen LogP contribution in [0.5, 0.6) is 0 Å². The lowest BCUT2D eigenvalue weighted by molar-refractivity contribution is -0.123. The van der Waals surface area contributed by atoms with E-state index < -0.39 is 17.0 Å². The highest BCUT2D eigenvalue weighted by atomic mass is 79.9. The maximum absolute atomic E-state index is 14.0. The molecule has 0 saturated carbocycles. The third-order valence-corrected chi connectivity index (χ3v) is 7.11. The first-order chi connectivity index (χ1) is 14.8. The molecular formula is C24H20BrFN2O2S. The normalized spacial score (nSPS) is 15.4. The second-order valence-electron chi connectivity index (χ2n) is 7.45. The van der Waals surface area contributed by atoms with Gasteiger partial charge in [0.2, 0.25) is 0 Å². The Balaban J connectivity index is 1.65. The van der Waals surface area contributed by atoms with Crippen LogP contribution in [0.4, 0.5) is 9.18 Å². The van der Waals surface area contributed by atoms with E-state index in [1.54, 1.807) is 24.3 Å². The first kappa shape index (κ1) is 21.6. The summed E-state index contributed by atoms with van der Waals surface area (Å²) in [5.41, 5.74) is 5.34. The van der Waals surface area contributed by atoms with Crippen molar-refractivity contribution in [3.05, 3.63) is 91.8 Å². The molecule has 1 aliphatic rings. The zero-order valence-electron chi connectivity index (χ0n) is 17.3. The summed E-state index contributed by atoms with van der Waals surface area (Å²) in [6.07, 6.45) is 1.75. The van der Waals surface area contributed by atoms with Crippen LogP contribution in [0.3, 0.4) is 0 Å². The van der Waals surface area contributed by atoms with Gasteiger partial charge in [-0.05, 0) is 80.1 Å². The summed E-state index contributed by atoms with van der Waals surface area (Å²) >= 11 is 4.42. The molecule has 1 saturated heterocycles. The van der Waals surface area contributed by atoms with Gasteiger partial charge in [0.05, 0.1) is 11.4 Å². The monoisotopic (exact) mass is 498 g/mol. The van der Waals surface area contributed by atoms with E-state index in [9.17, 15) is 14.0 Å². The van der Waals surface area contributed by atoms with Gasteiger partial charge in [0.25, 0.3) is 11.1 Å². The largest absolute Gasteiger partial charge is 0.318 e. The summed E-state index contributed by atoms with van der Waals surface area (Å²) < 4.78 is 17.1. The molecule has 0 spiro atoms. The molecule has 158 valence electrons. The zero-order valence-corrected chi connectivity index (χ0v) is 19.7. The number of imide groups is 1. The van der Waals surface area contributed by atoms with Gasteiger partial charge in [-0.15, -0.1) is 0 Å². The van der Waals surface area contributed by atoms with E-state index in [-0.39, 0.29) is 6.54 Å². The highest BCUT2D eigenvalue weighted by molar-refractivity contribution is 9.10. The number of carbonyl (C=O) groups is 2. The van der Waals surface area contributed by atoms with Crippen molar-refractivity contribution in [1.29, 1.82) is 0 Å². The minimum Gasteiger partial charge on any atom is -0.318 e. The summed E-state index contributed by atoms with van der Waals surface area (Å²) in [5, 5.41) is -0.392. The summed E-state index contributed by atoms with van der Waals surface area (Å²) in [6.45, 7) is 5.95. The molecule has 2 amide bonds. The number of rotatable bonds is 4. The molecule has 0 unspecified atom stereocenters. The van der Waals surface area contributed by atoms with Crippen LogP contribution >= 0.6 is 27.7 Å². The lowest BCUT2D eigenvalue weighted by Gasteiger charge is -2.13. The van der Waals surface area contributed by atoms with Gasteiger partial charge >= 0.3 is 0 Å². The van der Waals surface area contributed by atoms with E-state index in [0.717, 1.165) is 49.3 Å². The Morgan fingerprint density at radius 2 is 1.81 bits per heavy atom. The van der Waals surface area contributed by atoms with Gasteiger partial charge in [-0.2, -0.15) is 0 Å². The van der Waals surface area contributed by atoms with Gasteiger partial charge in [0.15, 0.2) is 0 Å². The Morgan fingerprint density at radius 3 is 2.52 bits per heavy atom. The minimum absolute atomic E-state index is 0.0775. The second kappa shape index (κ2) is 8.48. The summed E-state index contributed by atoms with van der Waals surface area (Å²) in [7, 11) is 0. The van der Waals surface area contributed by atoms with E-state index in [1.165, 1.54) is 6.07 Å². The number of halogens is 2. The third kappa shape index (κ3) is 4.12. The standard InChI is InChI=1S/C24H20BrFN2O2S/c1-14-10-19(8-9-20(14)25)28-15(2)11-18(16(28)3)12-22-23(29)27(24(30)31-22)13-17-6-4-5-7-21(17)26/h4-12H,13H2,1-3H3/b22-12-. The van der Waals surface area contributed by atoms with Crippen LogP contribution < -0.4 is 0 Å². The van der Waals surface area contributed by atoms with Crippen molar-refractivity contribution in [3.63, 3.8) is 0 Å². The van der Waals surface area contributed by atoms with Crippen molar-refractivity contribution < 1.29 is 14.0 Å². The average Bonchev–Trinajstić information content (AvgIpc) is 3.15. The summed E-state index contributed by atoms with van der Waals surface area (Å²) in [4.78, 5) is 26.7. The van der Waals surface area contributed by atoms with Gasteiger partial charge < -0.3 is 4.57 Å². The molecule has 2 heterocycles. The number of aryl methyl sites for hydroxylation is 2. The fourth-order valence-electron chi connectivity index (χ4n) is 3.67. The maximum atomic E-state index is 14.0. The highest BCUT2D eigenvalue weighted by Gasteiger charge is 2.35. The van der Waals surface area contributed by atoms with Crippen LogP contribution in [0.1, 0.15) is 28.1 Å². The smallest absolute Gasteiger partial charge is 0.293 e. The summed E-state index contributed by atoms with van der Waals surface area (Å²) in [6, 6.07) is 14.3. The van der Waals surface area contributed by atoms with Crippen LogP contribution in [0, 0.1) is 26.6 Å². The van der Waals surface area contributed by atoms with E-state index in [1.807, 2.05) is 39.0 Å². The number of aromatic nitrogens is 1. The van der Waals surface area contributed by atoms with Gasteiger partial charge in [-0.1, -0.05) is 34.1 Å². The molecule has 1 aliphatic heterocycles. The Labute approximate surface area is 192 Å². The van der Waals surface area contributed by atoms with Crippen molar-refractivity contribution in [2.24, 2.45) is 0 Å². The van der Waals surface area contributed by atoms with Crippen LogP contribution in [0.15, 0.2) is 57.9 Å². The molecule has 2 aromatic carbocycles. The molecule has 0 bridgehead atoms. The van der Waals surface area contributed by atoms with Gasteiger partial charge in [0.1, 0.15) is 5.82 Å². The number of hydrogen-bond donors (Lipinski definition) is 0. The molecule has 3 aromatic rings. The van der Waals surface area contributed by atoms with Crippen LogP contribution in [0.2, 0.25) is 0 Å². The molecule has 0 radical (unpaired) electrons. The van der Waals surface area contributed by atoms with Crippen LogP contribution in [-0.2, 0) is 11.3 Å². The molecule has 1 fully saturated rings. The topological polar surface area (TPSA) is 42.3 Å². The molecule has 7 heteroatoms. The minimum atomic E-state index is -0.432. The number of benzene rings is 2. The molecule has 4 rings (SSSR count). The number of nitrogens with zero attached hydrogens (tertiary/aromatic N) is 2. The van der Waals surface area contributed by atoms with Crippen molar-refractivity contribution in [2.45, 2.75) is 27.3 Å².